The van der Waals surface area contributed by atoms with Crippen LogP contribution in [0.25, 0.3) is 10.9 Å². The highest BCUT2D eigenvalue weighted by atomic mass is 16.5. The number of ether oxygens (including phenoxy) is 2. The highest BCUT2D eigenvalue weighted by Crippen LogP contribution is 2.36. The standard InChI is InChI=1S/C26H30N2O4/c1-16(20-10-8-19(26(30)32-3)13-24(20)31-2)22-15-27-23-11-9-18(12-21(22)23)25(29)28-14-17-6-4-5-7-17/h8-13,15-17,27H,4-7,14H2,1-3H3,(H,28,29). The molecule has 1 unspecified atom stereocenters. The third kappa shape index (κ3) is 4.35. The zero-order valence-corrected chi connectivity index (χ0v) is 18.9. The first-order valence-electron chi connectivity index (χ1n) is 11.2. The molecule has 0 radical (unpaired) electrons. The molecule has 1 amide bonds. The van der Waals surface area contributed by atoms with E-state index in [0.29, 0.717) is 22.8 Å². The molecule has 6 heteroatoms. The Morgan fingerprint density at radius 2 is 1.81 bits per heavy atom. The molecule has 2 aromatic carbocycles. The van der Waals surface area contributed by atoms with Gasteiger partial charge in [0.1, 0.15) is 5.75 Å². The second kappa shape index (κ2) is 9.47. The fourth-order valence-corrected chi connectivity index (χ4v) is 4.68. The summed E-state index contributed by atoms with van der Waals surface area (Å²) in [6.45, 7) is 2.84. The van der Waals surface area contributed by atoms with Crippen molar-refractivity contribution < 1.29 is 19.1 Å². The number of rotatable bonds is 7. The zero-order valence-electron chi connectivity index (χ0n) is 18.9. The zero-order chi connectivity index (χ0) is 22.7. The summed E-state index contributed by atoms with van der Waals surface area (Å²) in [5.74, 6) is 0.787. The Balaban J connectivity index is 1.60. The molecule has 1 atom stereocenters. The fraction of sp³-hybridized carbons (Fsp3) is 0.385. The minimum absolute atomic E-state index is 0.0119. The predicted octanol–water partition coefficient (Wildman–Crippen LogP) is 5.03. The quantitative estimate of drug-likeness (QED) is 0.511. The molecule has 1 fully saturated rings. The summed E-state index contributed by atoms with van der Waals surface area (Å²) in [6.07, 6.45) is 6.91. The van der Waals surface area contributed by atoms with Crippen molar-refractivity contribution in [3.05, 3.63) is 64.8 Å². The minimum atomic E-state index is -0.400. The summed E-state index contributed by atoms with van der Waals surface area (Å²) in [5.41, 5.74) is 4.10. The van der Waals surface area contributed by atoms with Crippen molar-refractivity contribution in [1.82, 2.24) is 10.3 Å². The van der Waals surface area contributed by atoms with E-state index in [-0.39, 0.29) is 11.8 Å². The first-order valence-corrected chi connectivity index (χ1v) is 11.2. The van der Waals surface area contributed by atoms with Crippen LogP contribution in [-0.4, -0.2) is 37.6 Å². The van der Waals surface area contributed by atoms with Crippen LogP contribution in [0, 0.1) is 5.92 Å². The first-order chi connectivity index (χ1) is 15.5. The number of amides is 1. The van der Waals surface area contributed by atoms with Crippen LogP contribution in [0.15, 0.2) is 42.6 Å². The monoisotopic (exact) mass is 434 g/mol. The summed E-state index contributed by atoms with van der Waals surface area (Å²) in [4.78, 5) is 28.0. The van der Waals surface area contributed by atoms with Gasteiger partial charge in [0, 0.05) is 40.7 Å². The van der Waals surface area contributed by atoms with Crippen LogP contribution in [-0.2, 0) is 4.74 Å². The van der Waals surface area contributed by atoms with Crippen molar-refractivity contribution in [2.45, 2.75) is 38.5 Å². The van der Waals surface area contributed by atoms with E-state index in [2.05, 4.69) is 17.2 Å². The molecule has 168 valence electrons. The van der Waals surface area contributed by atoms with Crippen LogP contribution >= 0.6 is 0 Å². The molecule has 0 aliphatic heterocycles. The first kappa shape index (κ1) is 21.9. The van der Waals surface area contributed by atoms with Gasteiger partial charge in [-0.15, -0.1) is 0 Å². The number of aromatic amines is 1. The van der Waals surface area contributed by atoms with Crippen LogP contribution in [0.1, 0.15) is 70.4 Å². The summed E-state index contributed by atoms with van der Waals surface area (Å²) in [7, 11) is 2.95. The van der Waals surface area contributed by atoms with Crippen molar-refractivity contribution in [3.8, 4) is 5.75 Å². The molecular formula is C26H30N2O4. The van der Waals surface area contributed by atoms with Gasteiger partial charge in [-0.2, -0.15) is 0 Å². The van der Waals surface area contributed by atoms with Gasteiger partial charge in [0.05, 0.1) is 19.8 Å². The van der Waals surface area contributed by atoms with Crippen LogP contribution < -0.4 is 10.1 Å². The Labute approximate surface area is 188 Å². The average molecular weight is 435 g/mol. The summed E-state index contributed by atoms with van der Waals surface area (Å²) in [5, 5.41) is 4.11. The van der Waals surface area contributed by atoms with Gasteiger partial charge < -0.3 is 19.8 Å². The second-order valence-electron chi connectivity index (χ2n) is 8.53. The number of hydrogen-bond donors (Lipinski definition) is 2. The van der Waals surface area contributed by atoms with E-state index in [1.54, 1.807) is 19.2 Å². The summed E-state index contributed by atoms with van der Waals surface area (Å²) < 4.78 is 10.4. The maximum atomic E-state index is 12.8. The average Bonchev–Trinajstić information content (AvgIpc) is 3.50. The Bertz CT molecular complexity index is 1130. The summed E-state index contributed by atoms with van der Waals surface area (Å²) in [6, 6.07) is 11.1. The molecule has 1 heterocycles. The fourth-order valence-electron chi connectivity index (χ4n) is 4.68. The molecule has 1 aliphatic rings. The summed E-state index contributed by atoms with van der Waals surface area (Å²) >= 11 is 0. The number of esters is 1. The Hall–Kier alpha value is -3.28. The third-order valence-electron chi connectivity index (χ3n) is 6.59. The number of aromatic nitrogens is 1. The van der Waals surface area contributed by atoms with Crippen LogP contribution in [0.5, 0.6) is 5.75 Å². The molecule has 6 nitrogen and oxygen atoms in total. The molecular weight excluding hydrogens is 404 g/mol. The number of nitrogens with one attached hydrogen (secondary N) is 2. The Morgan fingerprint density at radius 3 is 2.53 bits per heavy atom. The van der Waals surface area contributed by atoms with E-state index in [4.69, 9.17) is 9.47 Å². The van der Waals surface area contributed by atoms with Crippen LogP contribution in [0.2, 0.25) is 0 Å². The van der Waals surface area contributed by atoms with Crippen LogP contribution in [0.3, 0.4) is 0 Å². The largest absolute Gasteiger partial charge is 0.496 e. The molecule has 3 aromatic rings. The Morgan fingerprint density at radius 1 is 1.06 bits per heavy atom. The van der Waals surface area contributed by atoms with Gasteiger partial charge in [0.2, 0.25) is 0 Å². The molecule has 1 saturated carbocycles. The van der Waals surface area contributed by atoms with E-state index in [9.17, 15) is 9.59 Å². The van der Waals surface area contributed by atoms with Gasteiger partial charge in [-0.25, -0.2) is 4.79 Å². The van der Waals surface area contributed by atoms with Crippen molar-refractivity contribution in [2.75, 3.05) is 20.8 Å². The molecule has 1 aliphatic carbocycles. The van der Waals surface area contributed by atoms with E-state index >= 15 is 0 Å². The number of fused-ring (bicyclic) bond motifs is 1. The number of hydrogen-bond acceptors (Lipinski definition) is 4. The van der Waals surface area contributed by atoms with Gasteiger partial charge in [-0.3, -0.25) is 4.79 Å². The maximum absolute atomic E-state index is 12.8. The number of carbonyl (C=O) groups excluding carboxylic acids is 2. The Kier molecular flexibility index (Phi) is 6.49. The molecule has 0 spiro atoms. The highest BCUT2D eigenvalue weighted by molar-refractivity contribution is 5.99. The lowest BCUT2D eigenvalue weighted by Crippen LogP contribution is -2.28. The highest BCUT2D eigenvalue weighted by Gasteiger charge is 2.21. The van der Waals surface area contributed by atoms with Crippen molar-refractivity contribution in [2.24, 2.45) is 5.92 Å². The maximum Gasteiger partial charge on any atom is 0.337 e. The second-order valence-corrected chi connectivity index (χ2v) is 8.53. The van der Waals surface area contributed by atoms with Gasteiger partial charge in [0.25, 0.3) is 5.91 Å². The SMILES string of the molecule is COC(=O)c1ccc(C(C)c2c[nH]c3ccc(C(=O)NCC4CCCC4)cc23)c(OC)c1. The number of H-pyrrole nitrogens is 1. The lowest BCUT2D eigenvalue weighted by molar-refractivity contribution is 0.0600. The van der Waals surface area contributed by atoms with Gasteiger partial charge in [-0.05, 0) is 54.7 Å². The molecule has 32 heavy (non-hydrogen) atoms. The van der Waals surface area contributed by atoms with E-state index in [1.165, 1.54) is 32.8 Å². The number of carbonyl (C=O) groups is 2. The number of benzene rings is 2. The van der Waals surface area contributed by atoms with E-state index in [0.717, 1.165) is 28.6 Å². The molecule has 1 aromatic heterocycles. The lowest BCUT2D eigenvalue weighted by atomic mass is 9.91. The van der Waals surface area contributed by atoms with Gasteiger partial charge >= 0.3 is 5.97 Å². The van der Waals surface area contributed by atoms with Crippen molar-refractivity contribution in [1.29, 1.82) is 0 Å². The van der Waals surface area contributed by atoms with Crippen LogP contribution in [0.4, 0.5) is 0 Å². The van der Waals surface area contributed by atoms with E-state index in [1.807, 2.05) is 30.5 Å². The molecule has 2 N–H and O–H groups in total. The smallest absolute Gasteiger partial charge is 0.337 e. The molecule has 4 rings (SSSR count). The molecule has 0 saturated heterocycles. The van der Waals surface area contributed by atoms with E-state index < -0.39 is 5.97 Å². The van der Waals surface area contributed by atoms with Crippen molar-refractivity contribution in [3.63, 3.8) is 0 Å². The topological polar surface area (TPSA) is 80.4 Å². The normalized spacial score (nSPS) is 15.0. The van der Waals surface area contributed by atoms with Gasteiger partial charge in [-0.1, -0.05) is 25.8 Å². The van der Waals surface area contributed by atoms with Gasteiger partial charge in [0.15, 0.2) is 0 Å². The predicted molar refractivity (Wildman–Crippen MR) is 124 cm³/mol. The minimum Gasteiger partial charge on any atom is -0.496 e. The van der Waals surface area contributed by atoms with Crippen molar-refractivity contribution >= 4 is 22.8 Å². The third-order valence-corrected chi connectivity index (χ3v) is 6.59. The number of methoxy groups -OCH3 is 2. The molecule has 0 bridgehead atoms. The lowest BCUT2D eigenvalue weighted by Gasteiger charge is -2.16.